The third-order valence-electron chi connectivity index (χ3n) is 5.43. The molecule has 0 heterocycles. The van der Waals surface area contributed by atoms with Gasteiger partial charge in [0.2, 0.25) is 0 Å². The Labute approximate surface area is 223 Å². The first-order valence-electron chi connectivity index (χ1n) is 13.3. The van der Waals surface area contributed by atoms with E-state index in [-0.39, 0.29) is 32.3 Å². The second kappa shape index (κ2) is 25.3. The van der Waals surface area contributed by atoms with Gasteiger partial charge in [0, 0.05) is 0 Å². The number of aromatic carboxylic acids is 2. The van der Waals surface area contributed by atoms with Crippen LogP contribution in [0.3, 0.4) is 0 Å². The average Bonchev–Trinajstić information content (AvgIpc) is 2.88. The van der Waals surface area contributed by atoms with Gasteiger partial charge in [-0.1, -0.05) is 60.7 Å². The van der Waals surface area contributed by atoms with Crippen molar-refractivity contribution in [3.05, 3.63) is 71.8 Å². The molecule has 0 N–H and O–H groups in total. The fourth-order valence-corrected chi connectivity index (χ4v) is 6.90. The van der Waals surface area contributed by atoms with Crippen molar-refractivity contribution >= 4 is 33.1 Å². The fourth-order valence-electron chi connectivity index (χ4n) is 3.33. The summed E-state index contributed by atoms with van der Waals surface area (Å²) in [6, 6.07) is 16.1. The van der Waals surface area contributed by atoms with E-state index in [2.05, 4.69) is 13.8 Å². The molecule has 4 nitrogen and oxygen atoms in total. The number of hydrogen-bond acceptors (Lipinski definition) is 4. The molecule has 0 radical (unpaired) electrons. The van der Waals surface area contributed by atoms with Gasteiger partial charge in [0.15, 0.2) is 0 Å². The maximum Gasteiger partial charge on any atom is 0.0715 e. The van der Waals surface area contributed by atoms with Crippen LogP contribution in [0.1, 0.15) is 112 Å². The Morgan fingerprint density at radius 1 is 0.543 bits per heavy atom. The molecule has 0 amide bonds. The van der Waals surface area contributed by atoms with Crippen LogP contribution in [0, 0.1) is 0 Å². The zero-order valence-corrected chi connectivity index (χ0v) is 24.7. The Morgan fingerprint density at radius 3 is 1.14 bits per heavy atom. The minimum absolute atomic E-state index is 0.0736. The first-order chi connectivity index (χ1) is 17.0. The molecule has 0 saturated carbocycles. The summed E-state index contributed by atoms with van der Waals surface area (Å²) in [5, 5.41) is 20.2. The number of carbonyl (C=O) groups excluding carboxylic acids is 2. The Kier molecular flexibility index (Phi) is 24.0. The van der Waals surface area contributed by atoms with Crippen molar-refractivity contribution in [2.45, 2.75) is 99.8 Å². The molecule has 0 fully saturated rings. The Bertz CT molecular complexity index is 671. The smallest absolute Gasteiger partial charge is 0.0715 e. The van der Waals surface area contributed by atoms with Crippen LogP contribution < -0.4 is 10.2 Å². The van der Waals surface area contributed by atoms with Gasteiger partial charge in [0.25, 0.3) is 0 Å². The molecule has 2 rings (SSSR count). The maximum absolute atomic E-state index is 10.1. The minimum atomic E-state index is -1.13. The molecule has 5 heteroatoms. The Balaban J connectivity index is 0.000000538. The first-order valence-corrected chi connectivity index (χ1v) is 17.3. The number of rotatable bonds is 16. The van der Waals surface area contributed by atoms with E-state index in [1.807, 2.05) is 0 Å². The molecule has 2 aromatic rings. The van der Waals surface area contributed by atoms with E-state index in [1.54, 1.807) is 58.1 Å². The molecule has 2 aromatic carbocycles. The maximum atomic E-state index is 10.1. The topological polar surface area (TPSA) is 80.3 Å². The Morgan fingerprint density at radius 2 is 0.857 bits per heavy atom. The summed E-state index contributed by atoms with van der Waals surface area (Å²) in [7, 11) is 0. The summed E-state index contributed by atoms with van der Waals surface area (Å²) in [6.07, 6.45) is 17.8. The normalized spacial score (nSPS) is 9.66. The van der Waals surface area contributed by atoms with Gasteiger partial charge < -0.3 is 19.8 Å². The third kappa shape index (κ3) is 22.4. The van der Waals surface area contributed by atoms with E-state index in [1.165, 1.54) is 88.5 Å². The molecule has 35 heavy (non-hydrogen) atoms. The van der Waals surface area contributed by atoms with Gasteiger partial charge in [0.1, 0.15) is 0 Å². The molecule has 192 valence electrons. The van der Waals surface area contributed by atoms with Gasteiger partial charge in [0.05, 0.1) is 11.9 Å². The molecule has 0 bridgehead atoms. The minimum Gasteiger partial charge on any atom is -0.545 e. The Hall–Kier alpha value is -1.82. The summed E-state index contributed by atoms with van der Waals surface area (Å²) in [5.41, 5.74) is 0.440. The van der Waals surface area contributed by atoms with Crippen molar-refractivity contribution in [3.63, 3.8) is 0 Å². The van der Waals surface area contributed by atoms with Gasteiger partial charge in [-0.15, -0.1) is 0 Å². The van der Waals surface area contributed by atoms with Crippen molar-refractivity contribution in [2.24, 2.45) is 0 Å². The van der Waals surface area contributed by atoms with Gasteiger partial charge >= 0.3 is 121 Å². The average molecular weight is 587 g/mol. The summed E-state index contributed by atoms with van der Waals surface area (Å²) in [6.45, 7) is 4.60. The van der Waals surface area contributed by atoms with Gasteiger partial charge in [-0.05, 0) is 11.1 Å². The van der Waals surface area contributed by atoms with Crippen molar-refractivity contribution in [1.29, 1.82) is 0 Å². The number of benzene rings is 2. The molecule has 0 saturated heterocycles. The third-order valence-corrected chi connectivity index (χ3v) is 9.47. The fraction of sp³-hybridized carbons (Fsp3) is 0.533. The molecule has 0 aromatic heterocycles. The van der Waals surface area contributed by atoms with Crippen molar-refractivity contribution in [3.8, 4) is 0 Å². The molecular formula is C30H44O4Sn. The van der Waals surface area contributed by atoms with E-state index in [4.69, 9.17) is 0 Å². The predicted molar refractivity (Wildman–Crippen MR) is 144 cm³/mol. The van der Waals surface area contributed by atoms with E-state index < -0.39 is 11.9 Å². The zero-order chi connectivity index (χ0) is 26.0. The molecule has 0 spiro atoms. The van der Waals surface area contributed by atoms with E-state index in [9.17, 15) is 19.8 Å². The second-order valence-corrected chi connectivity index (χ2v) is 12.9. The van der Waals surface area contributed by atoms with Crippen LogP contribution in [0.25, 0.3) is 0 Å². The molecule has 0 aliphatic carbocycles. The van der Waals surface area contributed by atoms with E-state index in [0.29, 0.717) is 0 Å². The van der Waals surface area contributed by atoms with E-state index >= 15 is 0 Å². The van der Waals surface area contributed by atoms with E-state index in [0.717, 1.165) is 0 Å². The van der Waals surface area contributed by atoms with Crippen molar-refractivity contribution < 1.29 is 19.8 Å². The first kappa shape index (κ1) is 33.2. The number of carboxylic acids is 2. The van der Waals surface area contributed by atoms with Crippen LogP contribution in [0.4, 0.5) is 0 Å². The van der Waals surface area contributed by atoms with Crippen LogP contribution in [-0.2, 0) is 0 Å². The number of hydrogen-bond donors (Lipinski definition) is 0. The van der Waals surface area contributed by atoms with Gasteiger partial charge in [-0.2, -0.15) is 0 Å². The largest absolute Gasteiger partial charge is 0.545 e. The standard InChI is InChI=1S/2C8H17.2C7H6O2.Sn/c2*1-3-5-7-8-6-4-2;2*8-7(9)6-4-2-1-3-5-6;/h2*1,3-8H2,2H3;2*1-5H,(H,8,9);/q;;;;+2/p-2. The summed E-state index contributed by atoms with van der Waals surface area (Å²) < 4.78 is 3.31. The van der Waals surface area contributed by atoms with Crippen LogP contribution in [0.5, 0.6) is 0 Å². The number of unbranched alkanes of at least 4 members (excludes halogenated alkanes) is 10. The molecule has 0 aliphatic heterocycles. The molecule has 0 aliphatic rings. The van der Waals surface area contributed by atoms with Gasteiger partial charge in [-0.3, -0.25) is 0 Å². The van der Waals surface area contributed by atoms with Crippen LogP contribution in [0.2, 0.25) is 8.87 Å². The number of carboxylic acid groups (broad SMARTS) is 2. The zero-order valence-electron chi connectivity index (χ0n) is 21.8. The molecule has 0 atom stereocenters. The van der Waals surface area contributed by atoms with Crippen LogP contribution >= 0.6 is 0 Å². The number of carbonyl (C=O) groups is 2. The van der Waals surface area contributed by atoms with Crippen molar-refractivity contribution in [2.75, 3.05) is 0 Å². The summed E-state index contributed by atoms with van der Waals surface area (Å²) in [4.78, 5) is 20.2. The van der Waals surface area contributed by atoms with Gasteiger partial charge in [-0.25, -0.2) is 0 Å². The second-order valence-electron chi connectivity index (χ2n) is 8.59. The molecular weight excluding hydrogens is 543 g/mol. The SMILES string of the molecule is CCCCCCC[CH2][Sn+2][CH2]CCCCCCC.O=C([O-])c1ccccc1.O=C([O-])c1ccccc1. The predicted octanol–water partition coefficient (Wildman–Crippen LogP) is 6.35. The van der Waals surface area contributed by atoms with Crippen LogP contribution in [0.15, 0.2) is 60.7 Å². The van der Waals surface area contributed by atoms with Crippen LogP contribution in [-0.4, -0.2) is 33.1 Å². The quantitative estimate of drug-likeness (QED) is 0.169. The summed E-state index contributed by atoms with van der Waals surface area (Å²) in [5.74, 6) is -2.26. The molecule has 0 unspecified atom stereocenters. The monoisotopic (exact) mass is 588 g/mol. The van der Waals surface area contributed by atoms with Crippen molar-refractivity contribution in [1.82, 2.24) is 0 Å². The summed E-state index contributed by atoms with van der Waals surface area (Å²) >= 11 is 0.0736.